The van der Waals surface area contributed by atoms with Gasteiger partial charge < -0.3 is 0 Å². The first kappa shape index (κ1) is 8.81. The average molecular weight is 256 g/mol. The highest BCUT2D eigenvalue weighted by Crippen LogP contribution is 1.99. The summed E-state index contributed by atoms with van der Waals surface area (Å²) < 4.78 is 1.59. The van der Waals surface area contributed by atoms with Crippen molar-refractivity contribution in [1.82, 2.24) is 0 Å². The highest BCUT2D eigenvalue weighted by Gasteiger charge is 1.97. The molecule has 0 bridgehead atoms. The predicted octanol–water partition coefficient (Wildman–Crippen LogP) is 1.98. The SMILES string of the molecule is Cc1cc[c]([Mg][I])c(C)c1. The Hall–Kier alpha value is 0.716. The van der Waals surface area contributed by atoms with E-state index >= 15 is 0 Å². The van der Waals surface area contributed by atoms with E-state index in [2.05, 4.69) is 50.9 Å². The Morgan fingerprint density at radius 3 is 2.50 bits per heavy atom. The van der Waals surface area contributed by atoms with Crippen LogP contribution in [0.4, 0.5) is 0 Å². The smallest absolute Gasteiger partial charge is 0.291 e. The molecule has 0 saturated carbocycles. The highest BCUT2D eigenvalue weighted by atomic mass is 127. The molecular formula is C8H9IMg. The van der Waals surface area contributed by atoms with Gasteiger partial charge in [-0.25, -0.2) is 0 Å². The van der Waals surface area contributed by atoms with Crippen LogP contribution in [0.1, 0.15) is 11.1 Å². The van der Waals surface area contributed by atoms with Gasteiger partial charge in [0.05, 0.1) is 0 Å². The molecule has 0 fully saturated rings. The normalized spacial score (nSPS) is 9.10. The second kappa shape index (κ2) is 3.92. The fourth-order valence-electron chi connectivity index (χ4n) is 0.996. The summed E-state index contributed by atoms with van der Waals surface area (Å²) in [5.74, 6) is 0. The molecule has 1 aromatic carbocycles. The Balaban J connectivity index is 3.07. The van der Waals surface area contributed by atoms with Crippen LogP contribution >= 0.6 is 18.9 Å². The van der Waals surface area contributed by atoms with Crippen molar-refractivity contribution >= 4 is 39.0 Å². The van der Waals surface area contributed by atoms with Crippen LogP contribution in [-0.2, 0) is 0 Å². The van der Waals surface area contributed by atoms with Gasteiger partial charge in [0.15, 0.2) is 0 Å². The summed E-state index contributed by atoms with van der Waals surface area (Å²) in [5.41, 5.74) is 2.85. The van der Waals surface area contributed by atoms with Gasteiger partial charge in [-0.3, -0.25) is 18.9 Å². The molecule has 0 amide bonds. The van der Waals surface area contributed by atoms with Crippen LogP contribution < -0.4 is 3.69 Å². The molecule has 0 heterocycles. The fourth-order valence-corrected chi connectivity index (χ4v) is 4.08. The van der Waals surface area contributed by atoms with Crippen LogP contribution in [0.2, 0.25) is 0 Å². The molecule has 0 nitrogen and oxygen atoms in total. The van der Waals surface area contributed by atoms with E-state index in [4.69, 9.17) is 0 Å². The molecule has 0 aliphatic carbocycles. The number of hydrogen-bond acceptors (Lipinski definition) is 0. The van der Waals surface area contributed by atoms with E-state index in [1.807, 2.05) is 0 Å². The minimum absolute atomic E-state index is 0.0163. The second-order valence-corrected chi connectivity index (χ2v) is 5.88. The molecule has 1 rings (SSSR count). The van der Waals surface area contributed by atoms with Gasteiger partial charge in [-0.1, -0.05) is 29.3 Å². The van der Waals surface area contributed by atoms with Crippen LogP contribution in [0, 0.1) is 13.8 Å². The third kappa shape index (κ3) is 2.10. The van der Waals surface area contributed by atoms with Crippen LogP contribution in [0.15, 0.2) is 18.2 Å². The summed E-state index contributed by atoms with van der Waals surface area (Å²) in [6.07, 6.45) is 0. The first-order chi connectivity index (χ1) is 4.74. The van der Waals surface area contributed by atoms with Crippen molar-refractivity contribution in [2.45, 2.75) is 13.8 Å². The summed E-state index contributed by atoms with van der Waals surface area (Å²) >= 11 is 2.55. The lowest BCUT2D eigenvalue weighted by Gasteiger charge is -2.01. The maximum Gasteiger partial charge on any atom is 0.502 e. The number of rotatable bonds is 1. The summed E-state index contributed by atoms with van der Waals surface area (Å²) in [6.45, 7) is 4.35. The maximum absolute atomic E-state index is 2.53. The van der Waals surface area contributed by atoms with Gasteiger partial charge in [-0.15, -0.1) is 0 Å². The van der Waals surface area contributed by atoms with Gasteiger partial charge in [-0.2, -0.15) is 3.69 Å². The first-order valence-corrected chi connectivity index (χ1v) is 9.18. The van der Waals surface area contributed by atoms with Crippen molar-refractivity contribution < 1.29 is 0 Å². The number of aryl methyl sites for hydroxylation is 2. The van der Waals surface area contributed by atoms with Crippen LogP contribution in [0.5, 0.6) is 0 Å². The lowest BCUT2D eigenvalue weighted by molar-refractivity contribution is 1.41. The number of halogens is 1. The average Bonchev–Trinajstić information content (AvgIpc) is 1.88. The van der Waals surface area contributed by atoms with Gasteiger partial charge in [0, 0.05) is 0 Å². The predicted molar refractivity (Wildman–Crippen MR) is 55.3 cm³/mol. The molecule has 0 saturated heterocycles. The Morgan fingerprint density at radius 2 is 2.00 bits per heavy atom. The van der Waals surface area contributed by atoms with Crippen LogP contribution in [-0.4, -0.2) is 16.5 Å². The Labute approximate surface area is 81.5 Å². The van der Waals surface area contributed by atoms with Gasteiger partial charge in [-0.05, 0) is 13.8 Å². The molecule has 0 spiro atoms. The van der Waals surface area contributed by atoms with Gasteiger partial charge in [0.2, 0.25) is 0 Å². The molecule has 1 aromatic rings. The fraction of sp³-hybridized carbons (Fsp3) is 0.250. The van der Waals surface area contributed by atoms with E-state index in [1.54, 1.807) is 3.69 Å². The number of hydrogen-bond donors (Lipinski definition) is 0. The zero-order valence-corrected chi connectivity index (χ0v) is 9.89. The largest absolute Gasteiger partial charge is 0.502 e. The third-order valence-electron chi connectivity index (χ3n) is 1.64. The highest BCUT2D eigenvalue weighted by molar-refractivity contribution is 14.1. The summed E-state index contributed by atoms with van der Waals surface area (Å²) in [4.78, 5) is 0. The maximum atomic E-state index is 2.53. The van der Waals surface area contributed by atoms with E-state index in [1.165, 1.54) is 11.1 Å². The summed E-state index contributed by atoms with van der Waals surface area (Å²) in [6, 6.07) is 6.73. The Morgan fingerprint density at radius 1 is 1.30 bits per heavy atom. The van der Waals surface area contributed by atoms with E-state index < -0.39 is 0 Å². The van der Waals surface area contributed by atoms with Gasteiger partial charge in [0.1, 0.15) is 0 Å². The van der Waals surface area contributed by atoms with E-state index in [9.17, 15) is 0 Å². The van der Waals surface area contributed by atoms with Crippen molar-refractivity contribution in [3.63, 3.8) is 0 Å². The van der Waals surface area contributed by atoms with Crippen molar-refractivity contribution in [3.05, 3.63) is 29.3 Å². The molecule has 0 aliphatic rings. The molecule has 0 aliphatic heterocycles. The molecule has 0 unspecified atom stereocenters. The molecule has 0 radical (unpaired) electrons. The Kier molecular flexibility index (Phi) is 3.46. The molecular weight excluding hydrogens is 247 g/mol. The molecule has 50 valence electrons. The summed E-state index contributed by atoms with van der Waals surface area (Å²) in [5, 5.41) is 0. The van der Waals surface area contributed by atoms with Gasteiger partial charge in [0.25, 0.3) is 0 Å². The zero-order chi connectivity index (χ0) is 7.56. The van der Waals surface area contributed by atoms with Crippen molar-refractivity contribution in [1.29, 1.82) is 0 Å². The Bertz CT molecular complexity index is 233. The van der Waals surface area contributed by atoms with Crippen molar-refractivity contribution in [2.24, 2.45) is 0 Å². The quantitative estimate of drug-likeness (QED) is 0.532. The minimum atomic E-state index is 0.0163. The lowest BCUT2D eigenvalue weighted by atomic mass is 10.2. The lowest BCUT2D eigenvalue weighted by Crippen LogP contribution is -2.11. The van der Waals surface area contributed by atoms with Gasteiger partial charge >= 0.3 is 16.5 Å². The molecule has 0 aromatic heterocycles. The second-order valence-electron chi connectivity index (χ2n) is 2.56. The first-order valence-electron chi connectivity index (χ1n) is 3.36. The number of benzene rings is 1. The van der Waals surface area contributed by atoms with E-state index in [-0.39, 0.29) is 16.5 Å². The molecule has 0 N–H and O–H groups in total. The third-order valence-corrected chi connectivity index (χ3v) is 5.19. The van der Waals surface area contributed by atoms with Crippen molar-refractivity contribution in [2.75, 3.05) is 0 Å². The monoisotopic (exact) mass is 256 g/mol. The molecule has 0 atom stereocenters. The van der Waals surface area contributed by atoms with E-state index in [0.29, 0.717) is 0 Å². The topological polar surface area (TPSA) is 0 Å². The zero-order valence-electron chi connectivity index (χ0n) is 6.32. The van der Waals surface area contributed by atoms with E-state index in [0.717, 1.165) is 0 Å². The minimum Gasteiger partial charge on any atom is -0.291 e. The van der Waals surface area contributed by atoms with Crippen LogP contribution in [0.25, 0.3) is 0 Å². The summed E-state index contributed by atoms with van der Waals surface area (Å²) in [7, 11) is 0. The standard InChI is InChI=1S/C8H9.HI.Mg/c1-7-4-3-5-8(2)6-7;;/h3-4,6H,1-2H3;1H;/q;;+1/p-1. The van der Waals surface area contributed by atoms with Crippen molar-refractivity contribution in [3.8, 4) is 0 Å². The molecule has 10 heavy (non-hydrogen) atoms. The van der Waals surface area contributed by atoms with Crippen LogP contribution in [0.3, 0.4) is 0 Å². The molecule has 2 heteroatoms.